The highest BCUT2D eigenvalue weighted by atomic mass is 16.5. The first-order chi connectivity index (χ1) is 4.55. The molecule has 60 valence electrons. The van der Waals surface area contributed by atoms with Crippen LogP contribution in [0.3, 0.4) is 0 Å². The molecule has 0 aliphatic carbocycles. The molecule has 1 aliphatic heterocycles. The van der Waals surface area contributed by atoms with Crippen LogP contribution in [0.15, 0.2) is 0 Å². The summed E-state index contributed by atoms with van der Waals surface area (Å²) in [6.45, 7) is 8.50. The monoisotopic (exact) mass is 143 g/mol. The third-order valence-electron chi connectivity index (χ3n) is 2.77. The second kappa shape index (κ2) is 2.51. The molecule has 2 heteroatoms. The zero-order valence-corrected chi connectivity index (χ0v) is 7.35. The van der Waals surface area contributed by atoms with Gasteiger partial charge in [0, 0.05) is 12.1 Å². The number of morpholine rings is 1. The Morgan fingerprint density at radius 3 is 2.50 bits per heavy atom. The van der Waals surface area contributed by atoms with Crippen LogP contribution in [-0.2, 0) is 4.74 Å². The van der Waals surface area contributed by atoms with E-state index in [1.165, 1.54) is 0 Å². The molecule has 0 amide bonds. The van der Waals surface area contributed by atoms with Crippen LogP contribution in [0.25, 0.3) is 0 Å². The van der Waals surface area contributed by atoms with Gasteiger partial charge in [0.1, 0.15) is 0 Å². The van der Waals surface area contributed by atoms with Crippen LogP contribution in [0.2, 0.25) is 0 Å². The quantitative estimate of drug-likeness (QED) is 0.504. The molecule has 0 N–H and O–H groups in total. The Labute approximate surface area is 63.2 Å². The Kier molecular flexibility index (Phi) is 2.02. The van der Waals surface area contributed by atoms with Crippen molar-refractivity contribution in [2.45, 2.75) is 32.4 Å². The molecule has 1 unspecified atom stereocenters. The Morgan fingerprint density at radius 2 is 2.10 bits per heavy atom. The van der Waals surface area contributed by atoms with Crippen LogP contribution in [0, 0.1) is 0 Å². The van der Waals surface area contributed by atoms with E-state index in [4.69, 9.17) is 4.74 Å². The van der Waals surface area contributed by atoms with E-state index in [1.54, 1.807) is 0 Å². The predicted octanol–water partition coefficient (Wildman–Crippen LogP) is 1.12. The number of nitrogens with zero attached hydrogens (tertiary/aromatic N) is 1. The van der Waals surface area contributed by atoms with E-state index < -0.39 is 0 Å². The Balaban J connectivity index is 2.63. The molecule has 0 bridgehead atoms. The summed E-state index contributed by atoms with van der Waals surface area (Å²) in [6.07, 6.45) is 0.353. The molecule has 0 radical (unpaired) electrons. The summed E-state index contributed by atoms with van der Waals surface area (Å²) in [5, 5.41) is 0. The Hall–Kier alpha value is -0.0800. The van der Waals surface area contributed by atoms with Crippen molar-refractivity contribution in [3.63, 3.8) is 0 Å². The van der Waals surface area contributed by atoms with E-state index in [0.29, 0.717) is 6.10 Å². The minimum absolute atomic E-state index is 0.207. The molecule has 0 aromatic carbocycles. The van der Waals surface area contributed by atoms with Crippen molar-refractivity contribution in [1.82, 2.24) is 4.90 Å². The van der Waals surface area contributed by atoms with Gasteiger partial charge in [-0.3, -0.25) is 4.90 Å². The van der Waals surface area contributed by atoms with Gasteiger partial charge in [-0.2, -0.15) is 0 Å². The highest BCUT2D eigenvalue weighted by molar-refractivity contribution is 4.88. The maximum atomic E-state index is 5.52. The van der Waals surface area contributed by atoms with E-state index in [1.807, 2.05) is 0 Å². The van der Waals surface area contributed by atoms with Gasteiger partial charge in [-0.15, -0.1) is 0 Å². The van der Waals surface area contributed by atoms with E-state index in [-0.39, 0.29) is 5.54 Å². The summed E-state index contributed by atoms with van der Waals surface area (Å²) >= 11 is 0. The lowest BCUT2D eigenvalue weighted by molar-refractivity contribution is -0.0925. The molecule has 0 saturated carbocycles. The van der Waals surface area contributed by atoms with Gasteiger partial charge in [-0.1, -0.05) is 0 Å². The third-order valence-corrected chi connectivity index (χ3v) is 2.77. The molecule has 10 heavy (non-hydrogen) atoms. The fourth-order valence-corrected chi connectivity index (χ4v) is 1.17. The summed E-state index contributed by atoms with van der Waals surface area (Å²) in [5.41, 5.74) is 0.207. The Morgan fingerprint density at radius 1 is 1.50 bits per heavy atom. The van der Waals surface area contributed by atoms with Crippen molar-refractivity contribution in [2.24, 2.45) is 0 Å². The lowest BCUT2D eigenvalue weighted by atomic mass is 9.95. The van der Waals surface area contributed by atoms with Gasteiger partial charge in [0.05, 0.1) is 12.7 Å². The van der Waals surface area contributed by atoms with Gasteiger partial charge in [0.25, 0.3) is 0 Å². The normalized spacial score (nSPS) is 34.2. The van der Waals surface area contributed by atoms with Crippen LogP contribution in [-0.4, -0.2) is 36.7 Å². The minimum Gasteiger partial charge on any atom is -0.375 e. The molecular formula is C8H17NO. The molecule has 1 aliphatic rings. The lowest BCUT2D eigenvalue weighted by Gasteiger charge is -2.44. The van der Waals surface area contributed by atoms with E-state index >= 15 is 0 Å². The third kappa shape index (κ3) is 1.18. The standard InChI is InChI=1S/C8H17NO/c1-7-8(2,3)9(4)5-6-10-7/h7H,5-6H2,1-4H3. The smallest absolute Gasteiger partial charge is 0.0725 e. The molecule has 1 atom stereocenters. The molecule has 0 aromatic heterocycles. The van der Waals surface area contributed by atoms with Gasteiger partial charge in [-0.05, 0) is 27.8 Å². The lowest BCUT2D eigenvalue weighted by Crippen LogP contribution is -2.55. The van der Waals surface area contributed by atoms with Crippen molar-refractivity contribution < 1.29 is 4.74 Å². The predicted molar refractivity (Wildman–Crippen MR) is 42.1 cm³/mol. The van der Waals surface area contributed by atoms with Gasteiger partial charge >= 0.3 is 0 Å². The van der Waals surface area contributed by atoms with Gasteiger partial charge in [-0.25, -0.2) is 0 Å². The molecular weight excluding hydrogens is 126 g/mol. The summed E-state index contributed by atoms with van der Waals surface area (Å²) in [7, 11) is 2.15. The van der Waals surface area contributed by atoms with Crippen LogP contribution in [0.1, 0.15) is 20.8 Å². The number of hydrogen-bond acceptors (Lipinski definition) is 2. The number of hydrogen-bond donors (Lipinski definition) is 0. The number of likely N-dealkylation sites (N-methyl/N-ethyl adjacent to an activating group) is 1. The van der Waals surface area contributed by atoms with Crippen molar-refractivity contribution in [1.29, 1.82) is 0 Å². The summed E-state index contributed by atoms with van der Waals surface area (Å²) in [4.78, 5) is 2.35. The van der Waals surface area contributed by atoms with Gasteiger partial charge < -0.3 is 4.74 Å². The van der Waals surface area contributed by atoms with Crippen LogP contribution in [0.4, 0.5) is 0 Å². The highest BCUT2D eigenvalue weighted by Crippen LogP contribution is 2.22. The SMILES string of the molecule is CC1OCCN(C)C1(C)C. The van der Waals surface area contributed by atoms with Crippen LogP contribution in [0.5, 0.6) is 0 Å². The summed E-state index contributed by atoms with van der Waals surface area (Å²) in [5.74, 6) is 0. The average Bonchev–Trinajstić information content (AvgIpc) is 1.84. The first-order valence-corrected chi connectivity index (χ1v) is 3.88. The van der Waals surface area contributed by atoms with E-state index in [0.717, 1.165) is 13.2 Å². The second-order valence-corrected chi connectivity index (χ2v) is 3.59. The number of rotatable bonds is 0. The summed E-state index contributed by atoms with van der Waals surface area (Å²) < 4.78 is 5.52. The summed E-state index contributed by atoms with van der Waals surface area (Å²) in [6, 6.07) is 0. The van der Waals surface area contributed by atoms with Crippen molar-refractivity contribution in [3.8, 4) is 0 Å². The fourth-order valence-electron chi connectivity index (χ4n) is 1.17. The molecule has 1 rings (SSSR count). The van der Waals surface area contributed by atoms with Crippen LogP contribution < -0.4 is 0 Å². The number of ether oxygens (including phenoxy) is 1. The average molecular weight is 143 g/mol. The zero-order valence-electron chi connectivity index (χ0n) is 7.35. The second-order valence-electron chi connectivity index (χ2n) is 3.59. The molecule has 0 spiro atoms. The molecule has 1 heterocycles. The molecule has 2 nitrogen and oxygen atoms in total. The molecule has 1 saturated heterocycles. The van der Waals surface area contributed by atoms with E-state index in [9.17, 15) is 0 Å². The van der Waals surface area contributed by atoms with Crippen molar-refractivity contribution in [2.75, 3.05) is 20.2 Å². The van der Waals surface area contributed by atoms with Crippen LogP contribution >= 0.6 is 0 Å². The van der Waals surface area contributed by atoms with Crippen molar-refractivity contribution >= 4 is 0 Å². The maximum Gasteiger partial charge on any atom is 0.0725 e. The highest BCUT2D eigenvalue weighted by Gasteiger charge is 2.33. The topological polar surface area (TPSA) is 12.5 Å². The van der Waals surface area contributed by atoms with Crippen molar-refractivity contribution in [3.05, 3.63) is 0 Å². The largest absolute Gasteiger partial charge is 0.375 e. The van der Waals surface area contributed by atoms with Gasteiger partial charge in [0.15, 0.2) is 0 Å². The Bertz CT molecular complexity index is 110. The molecule has 0 aromatic rings. The first kappa shape index (κ1) is 8.02. The first-order valence-electron chi connectivity index (χ1n) is 3.88. The fraction of sp³-hybridized carbons (Fsp3) is 1.00. The molecule has 1 fully saturated rings. The maximum absolute atomic E-state index is 5.52. The minimum atomic E-state index is 0.207. The van der Waals surface area contributed by atoms with Gasteiger partial charge in [0.2, 0.25) is 0 Å². The zero-order chi connectivity index (χ0) is 7.78. The van der Waals surface area contributed by atoms with E-state index in [2.05, 4.69) is 32.7 Å².